The van der Waals surface area contributed by atoms with Crippen LogP contribution in [0.5, 0.6) is 0 Å². The maximum absolute atomic E-state index is 11.1. The molecule has 1 atom stereocenters. The Hall–Kier alpha value is -2.02. The van der Waals surface area contributed by atoms with E-state index in [9.17, 15) is 9.59 Å². The lowest BCUT2D eigenvalue weighted by Crippen LogP contribution is -2.42. The first-order chi connectivity index (χ1) is 8.09. The molecule has 1 aromatic rings. The second-order valence-electron chi connectivity index (χ2n) is 3.32. The molecule has 0 radical (unpaired) electrons. The van der Waals surface area contributed by atoms with E-state index in [0.29, 0.717) is 13.0 Å². The number of carbonyl (C=O) groups is 2. The molecule has 0 aliphatic carbocycles. The molecule has 7 heteroatoms. The van der Waals surface area contributed by atoms with Gasteiger partial charge in [0, 0.05) is 13.0 Å². The summed E-state index contributed by atoms with van der Waals surface area (Å²) in [6, 6.07) is 3.00. The van der Waals surface area contributed by atoms with Crippen LogP contribution in [0.2, 0.25) is 0 Å². The maximum atomic E-state index is 11.1. The van der Waals surface area contributed by atoms with E-state index in [1.54, 1.807) is 18.4 Å². The first-order valence-corrected chi connectivity index (χ1v) is 5.04. The predicted octanol–water partition coefficient (Wildman–Crippen LogP) is -0.433. The van der Waals surface area contributed by atoms with Gasteiger partial charge in [0.15, 0.2) is 6.10 Å². The number of nitrogens with one attached hydrogen (secondary N) is 2. The van der Waals surface area contributed by atoms with Gasteiger partial charge in [0.05, 0.1) is 12.8 Å². The van der Waals surface area contributed by atoms with Gasteiger partial charge < -0.3 is 25.3 Å². The van der Waals surface area contributed by atoms with Crippen LogP contribution in [0.25, 0.3) is 0 Å². The molecule has 1 heterocycles. The van der Waals surface area contributed by atoms with Crippen molar-refractivity contribution in [2.45, 2.75) is 12.5 Å². The van der Waals surface area contributed by atoms with Gasteiger partial charge in [-0.15, -0.1) is 0 Å². The summed E-state index contributed by atoms with van der Waals surface area (Å²) in [7, 11) is 0. The van der Waals surface area contributed by atoms with Crippen LogP contribution in [0.4, 0.5) is 4.79 Å². The largest absolute Gasteiger partial charge is 0.479 e. The molecule has 0 fully saturated rings. The number of urea groups is 1. The minimum absolute atomic E-state index is 0.331. The number of amides is 2. The molecule has 0 saturated heterocycles. The fourth-order valence-electron chi connectivity index (χ4n) is 1.09. The monoisotopic (exact) mass is 242 g/mol. The number of aliphatic hydroxyl groups is 1. The maximum Gasteiger partial charge on any atom is 0.334 e. The van der Waals surface area contributed by atoms with Gasteiger partial charge in [0.1, 0.15) is 5.76 Å². The van der Waals surface area contributed by atoms with E-state index in [2.05, 4.69) is 10.6 Å². The van der Waals surface area contributed by atoms with Crippen molar-refractivity contribution in [3.63, 3.8) is 0 Å². The Kier molecular flexibility index (Phi) is 5.02. The van der Waals surface area contributed by atoms with Crippen LogP contribution in [0, 0.1) is 0 Å². The number of carboxylic acid groups (broad SMARTS) is 1. The lowest BCUT2D eigenvalue weighted by molar-refractivity contribution is -0.146. The number of hydrogen-bond donors (Lipinski definition) is 4. The quantitative estimate of drug-likeness (QED) is 0.540. The molecule has 2 amide bonds. The second kappa shape index (κ2) is 6.54. The van der Waals surface area contributed by atoms with Crippen molar-refractivity contribution in [1.82, 2.24) is 10.6 Å². The Balaban J connectivity index is 2.11. The molecule has 94 valence electrons. The summed E-state index contributed by atoms with van der Waals surface area (Å²) in [5.41, 5.74) is 0. The summed E-state index contributed by atoms with van der Waals surface area (Å²) in [5.74, 6) is -0.628. The zero-order valence-electron chi connectivity index (χ0n) is 9.05. The molecule has 0 aliphatic heterocycles. The van der Waals surface area contributed by atoms with E-state index >= 15 is 0 Å². The van der Waals surface area contributed by atoms with Crippen LogP contribution >= 0.6 is 0 Å². The second-order valence-corrected chi connectivity index (χ2v) is 3.32. The van der Waals surface area contributed by atoms with E-state index in [1.807, 2.05) is 0 Å². The Morgan fingerprint density at radius 1 is 1.41 bits per heavy atom. The molecule has 7 nitrogen and oxygen atoms in total. The molecule has 4 N–H and O–H groups in total. The lowest BCUT2D eigenvalue weighted by Gasteiger charge is -2.08. The van der Waals surface area contributed by atoms with Gasteiger partial charge in [-0.2, -0.15) is 0 Å². The fraction of sp³-hybridized carbons (Fsp3) is 0.400. The summed E-state index contributed by atoms with van der Waals surface area (Å²) >= 11 is 0. The van der Waals surface area contributed by atoms with E-state index in [0.717, 1.165) is 5.76 Å². The van der Waals surface area contributed by atoms with E-state index in [4.69, 9.17) is 14.6 Å². The number of carboxylic acids is 1. The number of hydrogen-bond acceptors (Lipinski definition) is 4. The van der Waals surface area contributed by atoms with Crippen LogP contribution in [-0.2, 0) is 11.2 Å². The highest BCUT2D eigenvalue weighted by atomic mass is 16.4. The highest BCUT2D eigenvalue weighted by molar-refractivity contribution is 5.76. The van der Waals surface area contributed by atoms with E-state index < -0.39 is 18.1 Å². The highest BCUT2D eigenvalue weighted by Gasteiger charge is 2.13. The molecule has 17 heavy (non-hydrogen) atoms. The van der Waals surface area contributed by atoms with Crippen molar-refractivity contribution in [3.05, 3.63) is 24.2 Å². The van der Waals surface area contributed by atoms with Gasteiger partial charge >= 0.3 is 12.0 Å². The Bertz CT molecular complexity index is 363. The Morgan fingerprint density at radius 3 is 2.76 bits per heavy atom. The molecule has 0 unspecified atom stereocenters. The third-order valence-electron chi connectivity index (χ3n) is 1.98. The zero-order valence-corrected chi connectivity index (χ0v) is 9.05. The van der Waals surface area contributed by atoms with Crippen LogP contribution in [0.15, 0.2) is 22.8 Å². The standard InChI is InChI=1S/C10H14N2O5/c13-8(9(14)15)6-12-10(16)11-4-3-7-2-1-5-17-7/h1-2,5,8,13H,3-4,6H2,(H,14,15)(H2,11,12,16)/t8-/m0/s1. The molecule has 0 bridgehead atoms. The minimum Gasteiger partial charge on any atom is -0.479 e. The van der Waals surface area contributed by atoms with Crippen molar-refractivity contribution in [2.75, 3.05) is 13.1 Å². The number of carbonyl (C=O) groups excluding carboxylic acids is 1. The van der Waals surface area contributed by atoms with Gasteiger partial charge in [-0.1, -0.05) is 0 Å². The van der Waals surface area contributed by atoms with Crippen LogP contribution in [-0.4, -0.2) is 41.4 Å². The van der Waals surface area contributed by atoms with Crippen molar-refractivity contribution >= 4 is 12.0 Å². The number of furan rings is 1. The predicted molar refractivity (Wildman–Crippen MR) is 57.5 cm³/mol. The first-order valence-electron chi connectivity index (χ1n) is 5.04. The van der Waals surface area contributed by atoms with Gasteiger partial charge in [0.25, 0.3) is 0 Å². The average molecular weight is 242 g/mol. The van der Waals surface area contributed by atoms with Crippen molar-refractivity contribution in [2.24, 2.45) is 0 Å². The average Bonchev–Trinajstić information content (AvgIpc) is 2.78. The highest BCUT2D eigenvalue weighted by Crippen LogP contribution is 1.99. The Morgan fingerprint density at radius 2 is 2.18 bits per heavy atom. The van der Waals surface area contributed by atoms with Gasteiger partial charge in [-0.25, -0.2) is 9.59 Å². The molecule has 1 rings (SSSR count). The molecule has 0 saturated carbocycles. The third-order valence-corrected chi connectivity index (χ3v) is 1.98. The van der Waals surface area contributed by atoms with Gasteiger partial charge in [-0.05, 0) is 12.1 Å². The number of rotatable bonds is 6. The van der Waals surface area contributed by atoms with Crippen molar-refractivity contribution < 1.29 is 24.2 Å². The smallest absolute Gasteiger partial charge is 0.334 e. The van der Waals surface area contributed by atoms with Crippen LogP contribution in [0.1, 0.15) is 5.76 Å². The number of aliphatic hydroxyl groups excluding tert-OH is 1. The third kappa shape index (κ3) is 5.03. The summed E-state index contributed by atoms with van der Waals surface area (Å²) in [4.78, 5) is 21.4. The summed E-state index contributed by atoms with van der Waals surface area (Å²) in [6.45, 7) is 0.0322. The lowest BCUT2D eigenvalue weighted by atomic mass is 10.3. The first kappa shape index (κ1) is 13.0. The van der Waals surface area contributed by atoms with Crippen molar-refractivity contribution in [1.29, 1.82) is 0 Å². The van der Waals surface area contributed by atoms with Crippen LogP contribution in [0.3, 0.4) is 0 Å². The topological polar surface area (TPSA) is 112 Å². The zero-order chi connectivity index (χ0) is 12.7. The SMILES string of the molecule is O=C(NCCc1ccco1)NC[C@H](O)C(=O)O. The van der Waals surface area contributed by atoms with Crippen molar-refractivity contribution in [3.8, 4) is 0 Å². The Labute approximate surface area is 97.4 Å². The van der Waals surface area contributed by atoms with Gasteiger partial charge in [0.2, 0.25) is 0 Å². The normalized spacial score (nSPS) is 11.8. The van der Waals surface area contributed by atoms with Crippen LogP contribution < -0.4 is 10.6 Å². The fourth-order valence-corrected chi connectivity index (χ4v) is 1.09. The minimum atomic E-state index is -1.59. The number of aliphatic carboxylic acids is 1. The molecular formula is C10H14N2O5. The molecular weight excluding hydrogens is 228 g/mol. The van der Waals surface area contributed by atoms with E-state index in [-0.39, 0.29) is 6.54 Å². The van der Waals surface area contributed by atoms with Gasteiger partial charge in [-0.3, -0.25) is 0 Å². The summed E-state index contributed by atoms with van der Waals surface area (Å²) < 4.78 is 5.06. The molecule has 1 aromatic heterocycles. The molecule has 0 aliphatic rings. The summed E-state index contributed by atoms with van der Waals surface area (Å²) in [5, 5.41) is 22.0. The molecule has 0 aromatic carbocycles. The summed E-state index contributed by atoms with van der Waals surface area (Å²) in [6.07, 6.45) is 0.492. The van der Waals surface area contributed by atoms with E-state index in [1.165, 1.54) is 0 Å². The molecule has 0 spiro atoms.